The number of hydrogen-bond donors (Lipinski definition) is 0. The van der Waals surface area contributed by atoms with E-state index in [0.717, 1.165) is 0 Å². The van der Waals surface area contributed by atoms with Gasteiger partial charge < -0.3 is 0 Å². The lowest BCUT2D eigenvalue weighted by Crippen LogP contribution is -1.88. The largest absolute Gasteiger partial charge is 0.270 e. The highest BCUT2D eigenvalue weighted by atomic mass is 35.5. The van der Waals surface area contributed by atoms with Crippen molar-refractivity contribution in [3.8, 4) is 0 Å². The summed E-state index contributed by atoms with van der Waals surface area (Å²) in [5.74, 6) is 0. The van der Waals surface area contributed by atoms with Crippen molar-refractivity contribution in [2.75, 3.05) is 0 Å². The first-order valence-electron chi connectivity index (χ1n) is 3.13. The molecule has 1 rings (SSSR count). The first-order valence-corrected chi connectivity index (χ1v) is 3.46. The molecule has 0 radical (unpaired) electrons. The van der Waals surface area contributed by atoms with Crippen LogP contribution in [-0.2, 0) is 0 Å². The van der Waals surface area contributed by atoms with Crippen LogP contribution in [0.1, 0.15) is 5.56 Å². The molecule has 0 heterocycles. The van der Waals surface area contributed by atoms with Gasteiger partial charge in [-0.05, 0) is 0 Å². The third-order valence-electron chi connectivity index (χ3n) is 1.28. The Balaban J connectivity index is 3.03. The fourth-order valence-electron chi connectivity index (χ4n) is 0.775. The van der Waals surface area contributed by atoms with Gasteiger partial charge in [0.2, 0.25) is 0 Å². The SMILES string of the molecule is O=[N+]([O-])c1cccc(C=NCl)c1. The standard InChI is InChI=1S/C7H5ClN2O2/c8-9-5-6-2-1-3-7(4-6)10(11)12/h1-5H. The van der Waals surface area contributed by atoms with Crippen molar-refractivity contribution in [3.63, 3.8) is 0 Å². The molecule has 1 aromatic rings. The smallest absolute Gasteiger partial charge is 0.258 e. The van der Waals surface area contributed by atoms with Crippen molar-refractivity contribution in [2.24, 2.45) is 4.51 Å². The van der Waals surface area contributed by atoms with Crippen LogP contribution < -0.4 is 0 Å². The molecule has 4 nitrogen and oxygen atoms in total. The molecule has 0 unspecified atom stereocenters. The van der Waals surface area contributed by atoms with Crippen LogP contribution in [0.25, 0.3) is 0 Å². The molecule has 0 aromatic heterocycles. The first kappa shape index (κ1) is 8.67. The minimum absolute atomic E-state index is 0.0315. The zero-order valence-electron chi connectivity index (χ0n) is 5.98. The van der Waals surface area contributed by atoms with Gasteiger partial charge in [0, 0.05) is 35.7 Å². The minimum atomic E-state index is -0.467. The van der Waals surface area contributed by atoms with E-state index in [1.54, 1.807) is 12.1 Å². The molecule has 0 aliphatic carbocycles. The maximum atomic E-state index is 10.3. The van der Waals surface area contributed by atoms with Crippen LogP contribution in [0.4, 0.5) is 5.69 Å². The molecular weight excluding hydrogens is 180 g/mol. The van der Waals surface area contributed by atoms with Gasteiger partial charge in [0.1, 0.15) is 0 Å². The molecule has 5 heteroatoms. The van der Waals surface area contributed by atoms with Crippen molar-refractivity contribution in [3.05, 3.63) is 39.9 Å². The molecule has 0 atom stereocenters. The topological polar surface area (TPSA) is 55.5 Å². The molecule has 0 aliphatic rings. The Hall–Kier alpha value is -1.42. The monoisotopic (exact) mass is 184 g/mol. The van der Waals surface area contributed by atoms with Crippen molar-refractivity contribution < 1.29 is 4.92 Å². The highest BCUT2D eigenvalue weighted by molar-refractivity contribution is 6.18. The lowest BCUT2D eigenvalue weighted by Gasteiger charge is -1.91. The van der Waals surface area contributed by atoms with Gasteiger partial charge in [-0.1, -0.05) is 12.1 Å². The Morgan fingerprint density at radius 1 is 1.58 bits per heavy atom. The second kappa shape index (κ2) is 3.82. The first-order chi connectivity index (χ1) is 5.74. The van der Waals surface area contributed by atoms with Gasteiger partial charge in [-0.2, -0.15) is 4.51 Å². The van der Waals surface area contributed by atoms with Crippen molar-refractivity contribution in [1.82, 2.24) is 0 Å². The third-order valence-corrected chi connectivity index (χ3v) is 1.38. The van der Waals surface area contributed by atoms with Gasteiger partial charge in [-0.3, -0.25) is 10.1 Å². The summed E-state index contributed by atoms with van der Waals surface area (Å²) in [6, 6.07) is 6.06. The van der Waals surface area contributed by atoms with Crippen LogP contribution in [0, 0.1) is 10.1 Å². The normalized spacial score (nSPS) is 10.4. The van der Waals surface area contributed by atoms with Gasteiger partial charge in [0.15, 0.2) is 0 Å². The number of non-ortho nitro benzene ring substituents is 1. The Kier molecular flexibility index (Phi) is 2.76. The molecule has 0 spiro atoms. The van der Waals surface area contributed by atoms with Crippen LogP contribution in [-0.4, -0.2) is 11.1 Å². The lowest BCUT2D eigenvalue weighted by atomic mass is 10.2. The summed E-state index contributed by atoms with van der Waals surface area (Å²) in [6.45, 7) is 0. The summed E-state index contributed by atoms with van der Waals surface area (Å²) in [6.07, 6.45) is 1.34. The number of hydrogen-bond acceptors (Lipinski definition) is 3. The molecule has 12 heavy (non-hydrogen) atoms. The fourth-order valence-corrected chi connectivity index (χ4v) is 0.888. The molecule has 0 fully saturated rings. The van der Waals surface area contributed by atoms with Crippen LogP contribution in [0.3, 0.4) is 0 Å². The van der Waals surface area contributed by atoms with Gasteiger partial charge in [0.05, 0.1) is 4.92 Å². The molecular formula is C7H5ClN2O2. The Labute approximate surface area is 73.8 Å². The number of benzene rings is 1. The highest BCUT2D eigenvalue weighted by Crippen LogP contribution is 2.11. The van der Waals surface area contributed by atoms with Crippen LogP contribution in [0.15, 0.2) is 28.8 Å². The molecule has 0 bridgehead atoms. The van der Waals surface area contributed by atoms with E-state index in [1.807, 2.05) is 0 Å². The Bertz CT molecular complexity index is 325. The van der Waals surface area contributed by atoms with E-state index in [1.165, 1.54) is 18.3 Å². The maximum Gasteiger partial charge on any atom is 0.270 e. The average Bonchev–Trinajstić information content (AvgIpc) is 2.05. The van der Waals surface area contributed by atoms with E-state index in [-0.39, 0.29) is 5.69 Å². The summed E-state index contributed by atoms with van der Waals surface area (Å²) in [7, 11) is 0. The third kappa shape index (κ3) is 2.03. The van der Waals surface area contributed by atoms with Crippen molar-refractivity contribution in [1.29, 1.82) is 0 Å². The number of nitrogens with zero attached hydrogens (tertiary/aromatic N) is 2. The van der Waals surface area contributed by atoms with Crippen LogP contribution in [0.5, 0.6) is 0 Å². The molecule has 0 amide bonds. The van der Waals surface area contributed by atoms with E-state index in [2.05, 4.69) is 4.51 Å². The van der Waals surface area contributed by atoms with E-state index >= 15 is 0 Å². The molecule has 0 N–H and O–H groups in total. The van der Waals surface area contributed by atoms with E-state index in [0.29, 0.717) is 5.56 Å². The van der Waals surface area contributed by atoms with Crippen LogP contribution >= 0.6 is 11.8 Å². The van der Waals surface area contributed by atoms with Crippen molar-refractivity contribution >= 4 is 23.7 Å². The average molecular weight is 185 g/mol. The Morgan fingerprint density at radius 2 is 2.33 bits per heavy atom. The number of nitro benzene ring substituents is 1. The number of halogens is 1. The van der Waals surface area contributed by atoms with Gasteiger partial charge in [0.25, 0.3) is 5.69 Å². The number of rotatable bonds is 2. The lowest BCUT2D eigenvalue weighted by molar-refractivity contribution is -0.384. The summed E-state index contributed by atoms with van der Waals surface area (Å²) in [5.41, 5.74) is 0.642. The van der Waals surface area contributed by atoms with E-state index in [4.69, 9.17) is 11.8 Å². The zero-order chi connectivity index (χ0) is 8.97. The van der Waals surface area contributed by atoms with E-state index in [9.17, 15) is 10.1 Å². The van der Waals surface area contributed by atoms with Gasteiger partial charge in [-0.15, -0.1) is 0 Å². The second-order valence-electron chi connectivity index (χ2n) is 2.08. The summed E-state index contributed by atoms with van der Waals surface area (Å²) in [5, 5.41) is 10.3. The summed E-state index contributed by atoms with van der Waals surface area (Å²) >= 11 is 5.07. The maximum absolute atomic E-state index is 10.3. The van der Waals surface area contributed by atoms with Gasteiger partial charge in [-0.25, -0.2) is 0 Å². The highest BCUT2D eigenvalue weighted by Gasteiger charge is 2.03. The molecule has 0 aliphatic heterocycles. The molecule has 1 aromatic carbocycles. The second-order valence-corrected chi connectivity index (χ2v) is 2.27. The molecule has 0 saturated carbocycles. The minimum Gasteiger partial charge on any atom is -0.258 e. The van der Waals surface area contributed by atoms with Gasteiger partial charge >= 0.3 is 0 Å². The molecule has 62 valence electrons. The number of nitro groups is 1. The van der Waals surface area contributed by atoms with E-state index < -0.39 is 4.92 Å². The predicted octanol–water partition coefficient (Wildman–Crippen LogP) is 2.17. The summed E-state index contributed by atoms with van der Waals surface area (Å²) in [4.78, 5) is 9.82. The molecule has 0 saturated heterocycles. The predicted molar refractivity (Wildman–Crippen MR) is 46.5 cm³/mol. The fraction of sp³-hybridized carbons (Fsp3) is 0. The summed E-state index contributed by atoms with van der Waals surface area (Å²) < 4.78 is 3.23. The van der Waals surface area contributed by atoms with Crippen LogP contribution in [0.2, 0.25) is 0 Å². The Morgan fingerprint density at radius 3 is 2.92 bits per heavy atom. The zero-order valence-corrected chi connectivity index (χ0v) is 6.73. The van der Waals surface area contributed by atoms with Crippen molar-refractivity contribution in [2.45, 2.75) is 0 Å². The quantitative estimate of drug-likeness (QED) is 0.402.